The van der Waals surface area contributed by atoms with Crippen LogP contribution in [0.4, 0.5) is 0 Å². The summed E-state index contributed by atoms with van der Waals surface area (Å²) in [5.74, 6) is 0.165. The molecule has 120 valence electrons. The molecule has 0 saturated carbocycles. The lowest BCUT2D eigenvalue weighted by molar-refractivity contribution is -0.138. The van der Waals surface area contributed by atoms with Crippen LogP contribution in [0.15, 0.2) is 24.4 Å². The minimum absolute atomic E-state index is 0.165. The van der Waals surface area contributed by atoms with E-state index in [9.17, 15) is 4.79 Å². The zero-order valence-corrected chi connectivity index (χ0v) is 13.1. The maximum atomic E-state index is 12.5. The first kappa shape index (κ1) is 15.4. The number of hydrogen-bond acceptors (Lipinski definition) is 4. The fraction of sp³-hybridized carbons (Fsp3) is 0.647. The number of carbonyl (C=O) groups excluding carboxylic acids is 1. The van der Waals surface area contributed by atoms with Crippen LogP contribution in [0.5, 0.6) is 0 Å². The molecule has 0 N–H and O–H groups in total. The number of carbonyl (C=O) groups is 1. The van der Waals surface area contributed by atoms with Gasteiger partial charge in [-0.25, -0.2) is 0 Å². The van der Waals surface area contributed by atoms with Gasteiger partial charge in [-0.15, -0.1) is 0 Å². The van der Waals surface area contributed by atoms with E-state index < -0.39 is 0 Å². The molecule has 0 radical (unpaired) electrons. The molecule has 0 unspecified atom stereocenters. The van der Waals surface area contributed by atoms with Gasteiger partial charge in [-0.1, -0.05) is 6.07 Å². The monoisotopic (exact) mass is 304 g/mol. The molecule has 0 aliphatic carbocycles. The normalized spacial score (nSPS) is 27.7. The van der Waals surface area contributed by atoms with E-state index in [1.165, 1.54) is 0 Å². The molecule has 0 aromatic carbocycles. The smallest absolute Gasteiger partial charge is 0.228 e. The van der Waals surface area contributed by atoms with Crippen LogP contribution < -0.4 is 0 Å². The van der Waals surface area contributed by atoms with Gasteiger partial charge in [-0.3, -0.25) is 9.78 Å². The largest absolute Gasteiger partial charge is 0.379 e. The van der Waals surface area contributed by atoms with Crippen LogP contribution in [0.3, 0.4) is 0 Å². The van der Waals surface area contributed by atoms with E-state index in [2.05, 4.69) is 4.98 Å². The van der Waals surface area contributed by atoms with Crippen LogP contribution in [0, 0.1) is 0 Å². The van der Waals surface area contributed by atoms with E-state index in [1.807, 2.05) is 30.0 Å². The Balaban J connectivity index is 1.55. The Morgan fingerprint density at radius 1 is 1.41 bits per heavy atom. The first-order valence-electron chi connectivity index (χ1n) is 8.20. The average Bonchev–Trinajstić information content (AvgIpc) is 2.97. The standard InChI is InChI=1S/C17H24N2O3/c1-2-21-12-14-6-7-15-16(22-14)8-10-19(15)17(20)11-13-5-3-4-9-18-13/h3-5,9,14-16H,2,6-8,10-12H2,1H3/t14-,15+,16+/m0/s1. The molecule has 0 bridgehead atoms. The molecular weight excluding hydrogens is 280 g/mol. The maximum Gasteiger partial charge on any atom is 0.228 e. The quantitative estimate of drug-likeness (QED) is 0.832. The number of likely N-dealkylation sites (tertiary alicyclic amines) is 1. The highest BCUT2D eigenvalue weighted by molar-refractivity contribution is 5.79. The average molecular weight is 304 g/mol. The first-order valence-corrected chi connectivity index (χ1v) is 8.20. The summed E-state index contributed by atoms with van der Waals surface area (Å²) in [4.78, 5) is 18.8. The van der Waals surface area contributed by atoms with Crippen LogP contribution in [0.25, 0.3) is 0 Å². The summed E-state index contributed by atoms with van der Waals surface area (Å²) < 4.78 is 11.6. The lowest BCUT2D eigenvalue weighted by Crippen LogP contribution is -2.46. The third-order valence-electron chi connectivity index (χ3n) is 4.52. The predicted octanol–water partition coefficient (Wildman–Crippen LogP) is 1.81. The topological polar surface area (TPSA) is 51.7 Å². The van der Waals surface area contributed by atoms with Gasteiger partial charge in [-0.2, -0.15) is 0 Å². The molecule has 22 heavy (non-hydrogen) atoms. The van der Waals surface area contributed by atoms with Gasteiger partial charge in [0.2, 0.25) is 5.91 Å². The van der Waals surface area contributed by atoms with Crippen LogP contribution in [-0.2, 0) is 20.7 Å². The van der Waals surface area contributed by atoms with Crippen molar-refractivity contribution in [2.45, 2.75) is 50.9 Å². The van der Waals surface area contributed by atoms with Crippen molar-refractivity contribution < 1.29 is 14.3 Å². The minimum Gasteiger partial charge on any atom is -0.379 e. The van der Waals surface area contributed by atoms with Crippen LogP contribution in [0.1, 0.15) is 31.9 Å². The van der Waals surface area contributed by atoms with Gasteiger partial charge in [0.05, 0.1) is 31.3 Å². The minimum atomic E-state index is 0.165. The number of fused-ring (bicyclic) bond motifs is 1. The summed E-state index contributed by atoms with van der Waals surface area (Å²) in [6, 6.07) is 5.92. The summed E-state index contributed by atoms with van der Waals surface area (Å²) in [6.07, 6.45) is 5.38. The Hall–Kier alpha value is -1.46. The van der Waals surface area contributed by atoms with Crippen molar-refractivity contribution in [1.29, 1.82) is 0 Å². The third kappa shape index (κ3) is 3.47. The summed E-state index contributed by atoms with van der Waals surface area (Å²) in [7, 11) is 0. The summed E-state index contributed by atoms with van der Waals surface area (Å²) in [6.45, 7) is 4.19. The number of nitrogens with zero attached hydrogens (tertiary/aromatic N) is 2. The Kier molecular flexibility index (Phi) is 5.05. The van der Waals surface area contributed by atoms with E-state index in [1.54, 1.807) is 6.20 Å². The van der Waals surface area contributed by atoms with E-state index in [-0.39, 0.29) is 24.2 Å². The molecule has 5 heteroatoms. The highest BCUT2D eigenvalue weighted by atomic mass is 16.5. The van der Waals surface area contributed by atoms with Crippen molar-refractivity contribution in [3.63, 3.8) is 0 Å². The van der Waals surface area contributed by atoms with Gasteiger partial charge >= 0.3 is 0 Å². The second-order valence-corrected chi connectivity index (χ2v) is 5.97. The molecule has 2 fully saturated rings. The van der Waals surface area contributed by atoms with Gasteiger partial charge in [0, 0.05) is 25.0 Å². The Labute approximate surface area is 131 Å². The fourth-order valence-electron chi connectivity index (χ4n) is 3.44. The maximum absolute atomic E-state index is 12.5. The van der Waals surface area contributed by atoms with Gasteiger partial charge in [0.15, 0.2) is 0 Å². The van der Waals surface area contributed by atoms with Crippen molar-refractivity contribution in [1.82, 2.24) is 9.88 Å². The molecule has 2 aliphatic rings. The predicted molar refractivity (Wildman–Crippen MR) is 82.4 cm³/mol. The van der Waals surface area contributed by atoms with Crippen LogP contribution >= 0.6 is 0 Å². The lowest BCUT2D eigenvalue weighted by Gasteiger charge is -2.35. The number of pyridine rings is 1. The van der Waals surface area contributed by atoms with Crippen LogP contribution in [0.2, 0.25) is 0 Å². The lowest BCUT2D eigenvalue weighted by atomic mass is 9.99. The van der Waals surface area contributed by atoms with Gasteiger partial charge in [0.1, 0.15) is 0 Å². The number of ether oxygens (including phenoxy) is 2. The number of hydrogen-bond donors (Lipinski definition) is 0. The molecule has 2 saturated heterocycles. The van der Waals surface area contributed by atoms with Crippen LogP contribution in [-0.4, -0.2) is 53.8 Å². The highest BCUT2D eigenvalue weighted by Crippen LogP contribution is 2.31. The molecule has 1 amide bonds. The molecule has 3 atom stereocenters. The van der Waals surface area contributed by atoms with E-state index in [4.69, 9.17) is 9.47 Å². The molecule has 5 nitrogen and oxygen atoms in total. The van der Waals surface area contributed by atoms with Crippen molar-refractivity contribution in [3.05, 3.63) is 30.1 Å². The highest BCUT2D eigenvalue weighted by Gasteiger charge is 2.41. The van der Waals surface area contributed by atoms with E-state index in [0.717, 1.165) is 38.1 Å². The number of amides is 1. The van der Waals surface area contributed by atoms with Gasteiger partial charge in [0.25, 0.3) is 0 Å². The summed E-state index contributed by atoms with van der Waals surface area (Å²) in [5, 5.41) is 0. The number of rotatable bonds is 5. The third-order valence-corrected chi connectivity index (χ3v) is 4.52. The summed E-state index contributed by atoms with van der Waals surface area (Å²) >= 11 is 0. The number of aromatic nitrogens is 1. The van der Waals surface area contributed by atoms with Gasteiger partial charge in [-0.05, 0) is 38.3 Å². The molecule has 3 heterocycles. The molecule has 1 aromatic rings. The van der Waals surface area contributed by atoms with Crippen molar-refractivity contribution >= 4 is 5.91 Å². The molecular formula is C17H24N2O3. The molecule has 2 aliphatic heterocycles. The van der Waals surface area contributed by atoms with Crippen molar-refractivity contribution in [2.24, 2.45) is 0 Å². The molecule has 1 aromatic heterocycles. The Bertz CT molecular complexity index is 494. The van der Waals surface area contributed by atoms with Crippen molar-refractivity contribution in [3.8, 4) is 0 Å². The molecule has 3 rings (SSSR count). The zero-order valence-electron chi connectivity index (χ0n) is 13.1. The van der Waals surface area contributed by atoms with Gasteiger partial charge < -0.3 is 14.4 Å². The fourth-order valence-corrected chi connectivity index (χ4v) is 3.44. The Morgan fingerprint density at radius 3 is 3.09 bits per heavy atom. The van der Waals surface area contributed by atoms with Crippen molar-refractivity contribution in [2.75, 3.05) is 19.8 Å². The summed E-state index contributed by atoms with van der Waals surface area (Å²) in [5.41, 5.74) is 0.835. The second kappa shape index (κ2) is 7.20. The first-order chi connectivity index (χ1) is 10.8. The molecule has 0 spiro atoms. The van der Waals surface area contributed by atoms with E-state index >= 15 is 0 Å². The zero-order chi connectivity index (χ0) is 15.4. The van der Waals surface area contributed by atoms with E-state index in [0.29, 0.717) is 13.0 Å². The Morgan fingerprint density at radius 2 is 2.32 bits per heavy atom. The second-order valence-electron chi connectivity index (χ2n) is 5.97. The SMILES string of the molecule is CCOC[C@@H]1CC[C@@H]2[C@@H](CCN2C(=O)Cc2ccccn2)O1.